The van der Waals surface area contributed by atoms with Gasteiger partial charge in [0.1, 0.15) is 0 Å². The molecule has 2 fully saturated rings. The Morgan fingerprint density at radius 2 is 1.89 bits per heavy atom. The lowest BCUT2D eigenvalue weighted by Crippen LogP contribution is -2.47. The average molecular weight is 310 g/mol. The maximum absolute atomic E-state index is 6.07. The van der Waals surface area contributed by atoms with Crippen molar-refractivity contribution in [2.24, 2.45) is 5.92 Å². The van der Waals surface area contributed by atoms with Crippen LogP contribution in [0.1, 0.15) is 12.8 Å². The molecule has 1 aliphatic carbocycles. The smallest absolute Gasteiger partial charge is 0.0612 e. The molecule has 3 nitrogen and oxygen atoms in total. The van der Waals surface area contributed by atoms with Crippen LogP contribution in [0.4, 0.5) is 11.4 Å². The van der Waals surface area contributed by atoms with Crippen LogP contribution in [0.25, 0.3) is 0 Å². The molecule has 0 atom stereocenters. The normalized spacial score (nSPS) is 21.3. The summed E-state index contributed by atoms with van der Waals surface area (Å²) in [6.45, 7) is 5.83. The summed E-state index contributed by atoms with van der Waals surface area (Å²) in [7, 11) is 0. The number of nitrogens with two attached hydrogens (primary N) is 1. The van der Waals surface area contributed by atoms with Crippen LogP contribution in [0.3, 0.4) is 0 Å². The summed E-state index contributed by atoms with van der Waals surface area (Å²) in [5.74, 6) is 0.993. The molecule has 2 N–H and O–H groups in total. The molecule has 2 aliphatic rings. The van der Waals surface area contributed by atoms with Crippen molar-refractivity contribution in [1.82, 2.24) is 4.90 Å². The molecule has 98 valence electrons. The van der Waals surface area contributed by atoms with Crippen molar-refractivity contribution >= 4 is 27.3 Å². The minimum absolute atomic E-state index is 0.883. The molecule has 0 spiro atoms. The Balaban J connectivity index is 1.62. The van der Waals surface area contributed by atoms with Crippen molar-refractivity contribution in [2.45, 2.75) is 12.8 Å². The van der Waals surface area contributed by atoms with Crippen molar-refractivity contribution in [3.05, 3.63) is 22.7 Å². The zero-order valence-corrected chi connectivity index (χ0v) is 12.2. The van der Waals surface area contributed by atoms with Gasteiger partial charge in [-0.3, -0.25) is 4.90 Å². The van der Waals surface area contributed by atoms with E-state index in [1.165, 1.54) is 38.2 Å². The van der Waals surface area contributed by atoms with Gasteiger partial charge in [-0.1, -0.05) is 15.9 Å². The third-order valence-corrected chi connectivity index (χ3v) is 4.41. The summed E-state index contributed by atoms with van der Waals surface area (Å²) >= 11 is 3.52. The molecule has 0 bridgehead atoms. The van der Waals surface area contributed by atoms with Gasteiger partial charge in [0.15, 0.2) is 0 Å². The van der Waals surface area contributed by atoms with Crippen LogP contribution < -0.4 is 10.6 Å². The summed E-state index contributed by atoms with van der Waals surface area (Å²) in [4.78, 5) is 5.01. The second-order valence-corrected chi connectivity index (χ2v) is 6.35. The summed E-state index contributed by atoms with van der Waals surface area (Å²) < 4.78 is 1.10. The predicted octanol–water partition coefficient (Wildman–Crippen LogP) is 2.56. The highest BCUT2D eigenvalue weighted by atomic mass is 79.9. The van der Waals surface area contributed by atoms with E-state index in [4.69, 9.17) is 5.73 Å². The Kier molecular flexibility index (Phi) is 3.48. The number of hydrogen-bond donors (Lipinski definition) is 1. The highest BCUT2D eigenvalue weighted by molar-refractivity contribution is 9.10. The Bertz CT molecular complexity index is 423. The molecule has 0 radical (unpaired) electrons. The van der Waals surface area contributed by atoms with Gasteiger partial charge >= 0.3 is 0 Å². The first kappa shape index (κ1) is 12.3. The summed E-state index contributed by atoms with van der Waals surface area (Å²) in [6.07, 6.45) is 2.89. The Morgan fingerprint density at radius 3 is 2.56 bits per heavy atom. The number of piperazine rings is 1. The third kappa shape index (κ3) is 2.81. The van der Waals surface area contributed by atoms with Gasteiger partial charge in [0, 0.05) is 37.2 Å². The molecule has 18 heavy (non-hydrogen) atoms. The van der Waals surface area contributed by atoms with Crippen LogP contribution >= 0.6 is 15.9 Å². The van der Waals surface area contributed by atoms with Gasteiger partial charge < -0.3 is 10.6 Å². The molecule has 1 aliphatic heterocycles. The van der Waals surface area contributed by atoms with Gasteiger partial charge in [-0.2, -0.15) is 0 Å². The maximum Gasteiger partial charge on any atom is 0.0612 e. The van der Waals surface area contributed by atoms with E-state index in [2.05, 4.69) is 31.8 Å². The van der Waals surface area contributed by atoms with Crippen LogP contribution in [-0.2, 0) is 0 Å². The molecule has 0 amide bonds. The lowest BCUT2D eigenvalue weighted by Gasteiger charge is -2.36. The highest BCUT2D eigenvalue weighted by Crippen LogP contribution is 2.31. The van der Waals surface area contributed by atoms with E-state index in [1.54, 1.807) is 0 Å². The van der Waals surface area contributed by atoms with Crippen LogP contribution in [0, 0.1) is 5.92 Å². The first-order valence-corrected chi connectivity index (χ1v) is 7.54. The minimum Gasteiger partial charge on any atom is -0.397 e. The lowest BCUT2D eigenvalue weighted by molar-refractivity contribution is 0.248. The number of anilines is 2. The van der Waals surface area contributed by atoms with Crippen LogP contribution in [-0.4, -0.2) is 37.6 Å². The maximum atomic E-state index is 6.07. The molecule has 4 heteroatoms. The molecule has 3 rings (SSSR count). The van der Waals surface area contributed by atoms with Crippen molar-refractivity contribution in [1.29, 1.82) is 0 Å². The topological polar surface area (TPSA) is 32.5 Å². The quantitative estimate of drug-likeness (QED) is 0.871. The zero-order valence-electron chi connectivity index (χ0n) is 10.6. The summed E-state index contributed by atoms with van der Waals surface area (Å²) in [6, 6.07) is 6.12. The van der Waals surface area contributed by atoms with Gasteiger partial charge in [-0.15, -0.1) is 0 Å². The largest absolute Gasteiger partial charge is 0.397 e. The van der Waals surface area contributed by atoms with Crippen molar-refractivity contribution in [3.63, 3.8) is 0 Å². The fraction of sp³-hybridized carbons (Fsp3) is 0.571. The van der Waals surface area contributed by atoms with Gasteiger partial charge in [0.25, 0.3) is 0 Å². The van der Waals surface area contributed by atoms with E-state index in [9.17, 15) is 0 Å². The molecule has 1 saturated carbocycles. The average Bonchev–Trinajstić information content (AvgIpc) is 3.17. The van der Waals surface area contributed by atoms with E-state index in [0.29, 0.717) is 0 Å². The Hall–Kier alpha value is -0.740. The lowest BCUT2D eigenvalue weighted by atomic mass is 10.2. The van der Waals surface area contributed by atoms with Crippen molar-refractivity contribution in [2.75, 3.05) is 43.4 Å². The molecular formula is C14H20BrN3. The number of hydrogen-bond acceptors (Lipinski definition) is 3. The summed E-state index contributed by atoms with van der Waals surface area (Å²) in [5, 5.41) is 0. The second-order valence-electron chi connectivity index (χ2n) is 5.43. The monoisotopic (exact) mass is 309 g/mol. The van der Waals surface area contributed by atoms with E-state index in [0.717, 1.165) is 29.2 Å². The number of rotatable bonds is 3. The first-order valence-electron chi connectivity index (χ1n) is 6.75. The number of halogens is 1. The van der Waals surface area contributed by atoms with Gasteiger partial charge in [-0.05, 0) is 37.0 Å². The zero-order chi connectivity index (χ0) is 12.5. The number of nitrogens with zero attached hydrogens (tertiary/aromatic N) is 2. The Labute approximate surface area is 117 Å². The van der Waals surface area contributed by atoms with Crippen LogP contribution in [0.5, 0.6) is 0 Å². The standard InChI is InChI=1S/C14H20BrN3/c15-12-3-4-13(16)14(9-12)18-7-5-17(6-8-18)10-11-1-2-11/h3-4,9,11H,1-2,5-8,10,16H2. The molecule has 1 saturated heterocycles. The molecule has 1 aromatic rings. The highest BCUT2D eigenvalue weighted by Gasteiger charge is 2.26. The first-order chi connectivity index (χ1) is 8.72. The third-order valence-electron chi connectivity index (χ3n) is 3.92. The van der Waals surface area contributed by atoms with Crippen LogP contribution in [0.2, 0.25) is 0 Å². The molecule has 0 unspecified atom stereocenters. The molecule has 0 aromatic heterocycles. The van der Waals surface area contributed by atoms with Gasteiger partial charge in [0.2, 0.25) is 0 Å². The van der Waals surface area contributed by atoms with Crippen molar-refractivity contribution < 1.29 is 0 Å². The van der Waals surface area contributed by atoms with E-state index < -0.39 is 0 Å². The number of nitrogen functional groups attached to an aromatic ring is 1. The van der Waals surface area contributed by atoms with Crippen LogP contribution in [0.15, 0.2) is 22.7 Å². The van der Waals surface area contributed by atoms with Gasteiger partial charge in [-0.25, -0.2) is 0 Å². The SMILES string of the molecule is Nc1ccc(Br)cc1N1CCN(CC2CC2)CC1. The van der Waals surface area contributed by atoms with E-state index >= 15 is 0 Å². The molecule has 1 aromatic carbocycles. The van der Waals surface area contributed by atoms with E-state index in [1.807, 2.05) is 12.1 Å². The minimum atomic E-state index is 0.883. The molecule has 1 heterocycles. The molecular weight excluding hydrogens is 290 g/mol. The number of benzene rings is 1. The summed E-state index contributed by atoms with van der Waals surface area (Å²) in [5.41, 5.74) is 8.13. The van der Waals surface area contributed by atoms with Gasteiger partial charge in [0.05, 0.1) is 11.4 Å². The van der Waals surface area contributed by atoms with Crippen molar-refractivity contribution in [3.8, 4) is 0 Å². The predicted molar refractivity (Wildman–Crippen MR) is 79.9 cm³/mol. The fourth-order valence-corrected chi connectivity index (χ4v) is 2.98. The Morgan fingerprint density at radius 1 is 1.17 bits per heavy atom. The van der Waals surface area contributed by atoms with E-state index in [-0.39, 0.29) is 0 Å². The fourth-order valence-electron chi connectivity index (χ4n) is 2.63. The second kappa shape index (κ2) is 5.10.